The van der Waals surface area contributed by atoms with Gasteiger partial charge in [0.2, 0.25) is 5.91 Å². The molecule has 3 aromatic rings. The van der Waals surface area contributed by atoms with Crippen LogP contribution in [0.15, 0.2) is 60.8 Å². The average molecular weight is 428 g/mol. The summed E-state index contributed by atoms with van der Waals surface area (Å²) in [7, 11) is 1.62. The van der Waals surface area contributed by atoms with Crippen LogP contribution in [0.1, 0.15) is 27.0 Å². The molecule has 0 unspecified atom stereocenters. The number of hydrogen-bond donors (Lipinski definition) is 1. The number of amides is 2. The lowest BCUT2D eigenvalue weighted by Crippen LogP contribution is -2.40. The van der Waals surface area contributed by atoms with E-state index in [0.717, 1.165) is 17.7 Å². The van der Waals surface area contributed by atoms with Gasteiger partial charge in [-0.15, -0.1) is 0 Å². The Morgan fingerprint density at radius 2 is 1.91 bits per heavy atom. The summed E-state index contributed by atoms with van der Waals surface area (Å²) in [4.78, 5) is 34.0. The third kappa shape index (κ3) is 3.77. The van der Waals surface area contributed by atoms with Gasteiger partial charge in [0.25, 0.3) is 5.91 Å². The number of hydrogen-bond acceptors (Lipinski definition) is 5. The van der Waals surface area contributed by atoms with Crippen molar-refractivity contribution in [2.75, 3.05) is 30.4 Å². The number of carbonyl (C=O) groups excluding carboxylic acids is 2. The van der Waals surface area contributed by atoms with E-state index in [1.807, 2.05) is 41.3 Å². The molecule has 0 atom stereocenters. The van der Waals surface area contributed by atoms with Crippen molar-refractivity contribution >= 4 is 23.3 Å². The van der Waals surface area contributed by atoms with Crippen LogP contribution in [-0.4, -0.2) is 41.9 Å². The molecule has 7 heteroatoms. The van der Waals surface area contributed by atoms with Gasteiger partial charge in [-0.2, -0.15) is 0 Å². The molecular formula is C25H24N4O3. The standard InChI is InChI=1S/C25H24N4O3/c1-32-21-8-6-17(7-9-21)15-29-22-12-20(13-26-24(22)27-14-23(29)30)25(31)28-11-10-18-4-2-3-5-19(18)16-28/h2-9,12-13H,10-11,14-16H2,1H3,(H,26,27). The van der Waals surface area contributed by atoms with Crippen LogP contribution in [0.2, 0.25) is 0 Å². The summed E-state index contributed by atoms with van der Waals surface area (Å²) < 4.78 is 5.22. The molecule has 0 saturated carbocycles. The van der Waals surface area contributed by atoms with Gasteiger partial charge in [0.05, 0.1) is 31.5 Å². The quantitative estimate of drug-likeness (QED) is 0.691. The summed E-state index contributed by atoms with van der Waals surface area (Å²) in [5.41, 5.74) is 4.55. The number of ether oxygens (including phenoxy) is 1. The molecule has 3 heterocycles. The van der Waals surface area contributed by atoms with Crippen LogP contribution in [-0.2, 0) is 24.3 Å². The molecule has 1 N–H and O–H groups in total. The van der Waals surface area contributed by atoms with Crippen LogP contribution in [0.5, 0.6) is 5.75 Å². The zero-order chi connectivity index (χ0) is 22.1. The Balaban J connectivity index is 1.40. The van der Waals surface area contributed by atoms with E-state index in [4.69, 9.17) is 4.74 Å². The molecule has 1 aromatic heterocycles. The Morgan fingerprint density at radius 3 is 2.69 bits per heavy atom. The molecule has 162 valence electrons. The van der Waals surface area contributed by atoms with Gasteiger partial charge in [-0.25, -0.2) is 4.98 Å². The highest BCUT2D eigenvalue weighted by atomic mass is 16.5. The lowest BCUT2D eigenvalue weighted by Gasteiger charge is -2.31. The summed E-state index contributed by atoms with van der Waals surface area (Å²) in [6.45, 7) is 1.82. The van der Waals surface area contributed by atoms with Gasteiger partial charge < -0.3 is 19.9 Å². The van der Waals surface area contributed by atoms with E-state index in [9.17, 15) is 9.59 Å². The molecule has 0 bridgehead atoms. The van der Waals surface area contributed by atoms with Crippen molar-refractivity contribution in [2.24, 2.45) is 0 Å². The normalized spacial score (nSPS) is 15.0. The van der Waals surface area contributed by atoms with Crippen molar-refractivity contribution in [2.45, 2.75) is 19.5 Å². The second kappa shape index (κ2) is 8.34. The highest BCUT2D eigenvalue weighted by molar-refractivity contribution is 6.04. The number of anilines is 2. The smallest absolute Gasteiger partial charge is 0.255 e. The van der Waals surface area contributed by atoms with Crippen LogP contribution >= 0.6 is 0 Å². The number of rotatable bonds is 4. The fraction of sp³-hybridized carbons (Fsp3) is 0.240. The molecule has 2 amide bonds. The molecule has 2 aromatic carbocycles. The molecule has 7 nitrogen and oxygen atoms in total. The fourth-order valence-electron chi connectivity index (χ4n) is 4.24. The van der Waals surface area contributed by atoms with Crippen molar-refractivity contribution in [1.29, 1.82) is 0 Å². The molecule has 0 radical (unpaired) electrons. The molecule has 0 spiro atoms. The molecule has 0 aliphatic carbocycles. The highest BCUT2D eigenvalue weighted by Crippen LogP contribution is 2.31. The van der Waals surface area contributed by atoms with Crippen molar-refractivity contribution in [1.82, 2.24) is 9.88 Å². The molecule has 32 heavy (non-hydrogen) atoms. The van der Waals surface area contributed by atoms with Gasteiger partial charge in [-0.1, -0.05) is 36.4 Å². The molecule has 2 aliphatic heterocycles. The maximum Gasteiger partial charge on any atom is 0.255 e. The number of nitrogens with one attached hydrogen (secondary N) is 1. The zero-order valence-electron chi connectivity index (χ0n) is 17.9. The Labute approximate surface area is 186 Å². The first kappa shape index (κ1) is 20.1. The summed E-state index contributed by atoms with van der Waals surface area (Å²) >= 11 is 0. The largest absolute Gasteiger partial charge is 0.497 e. The second-order valence-electron chi connectivity index (χ2n) is 8.02. The van der Waals surface area contributed by atoms with Crippen molar-refractivity contribution < 1.29 is 14.3 Å². The topological polar surface area (TPSA) is 74.8 Å². The summed E-state index contributed by atoms with van der Waals surface area (Å²) in [6.07, 6.45) is 2.43. The fourth-order valence-corrected chi connectivity index (χ4v) is 4.24. The van der Waals surface area contributed by atoms with Crippen LogP contribution in [0, 0.1) is 0 Å². The van der Waals surface area contributed by atoms with E-state index < -0.39 is 0 Å². The first-order valence-corrected chi connectivity index (χ1v) is 10.7. The zero-order valence-corrected chi connectivity index (χ0v) is 17.9. The Kier molecular flexibility index (Phi) is 5.23. The van der Waals surface area contributed by atoms with Gasteiger partial charge in [-0.3, -0.25) is 9.59 Å². The minimum Gasteiger partial charge on any atom is -0.497 e. The third-order valence-corrected chi connectivity index (χ3v) is 6.03. The number of pyridine rings is 1. The van der Waals surface area contributed by atoms with E-state index in [1.165, 1.54) is 11.1 Å². The van der Waals surface area contributed by atoms with Crippen molar-refractivity contribution in [3.8, 4) is 5.75 Å². The Bertz CT molecular complexity index is 1180. The SMILES string of the molecule is COc1ccc(CN2C(=O)CNc3ncc(C(=O)N4CCc5ccccc5C4)cc32)cc1. The van der Waals surface area contributed by atoms with E-state index in [1.54, 1.807) is 24.3 Å². The van der Waals surface area contributed by atoms with Gasteiger partial charge in [0.1, 0.15) is 5.75 Å². The van der Waals surface area contributed by atoms with Crippen LogP contribution in [0.4, 0.5) is 11.5 Å². The predicted octanol–water partition coefficient (Wildman–Crippen LogP) is 3.25. The maximum absolute atomic E-state index is 13.3. The van der Waals surface area contributed by atoms with E-state index in [-0.39, 0.29) is 18.4 Å². The van der Waals surface area contributed by atoms with Crippen molar-refractivity contribution in [3.05, 3.63) is 83.0 Å². The van der Waals surface area contributed by atoms with Crippen molar-refractivity contribution in [3.63, 3.8) is 0 Å². The number of methoxy groups -OCH3 is 1. The number of benzene rings is 2. The molecule has 2 aliphatic rings. The number of carbonyl (C=O) groups is 2. The molecule has 5 rings (SSSR count). The number of fused-ring (bicyclic) bond motifs is 2. The minimum atomic E-state index is -0.0720. The summed E-state index contributed by atoms with van der Waals surface area (Å²) in [5.74, 6) is 1.24. The number of aromatic nitrogens is 1. The first-order chi connectivity index (χ1) is 15.6. The Hall–Kier alpha value is -3.87. The van der Waals surface area contributed by atoms with E-state index in [2.05, 4.69) is 22.4 Å². The minimum absolute atomic E-state index is 0.0633. The Morgan fingerprint density at radius 1 is 1.12 bits per heavy atom. The monoisotopic (exact) mass is 428 g/mol. The van der Waals surface area contributed by atoms with Crippen LogP contribution in [0.3, 0.4) is 0 Å². The van der Waals surface area contributed by atoms with Crippen LogP contribution < -0.4 is 15.0 Å². The summed E-state index contributed by atoms with van der Waals surface area (Å²) in [6, 6.07) is 17.6. The highest BCUT2D eigenvalue weighted by Gasteiger charge is 2.28. The molecular weight excluding hydrogens is 404 g/mol. The summed E-state index contributed by atoms with van der Waals surface area (Å²) in [5, 5.41) is 3.06. The third-order valence-electron chi connectivity index (χ3n) is 6.03. The second-order valence-corrected chi connectivity index (χ2v) is 8.02. The average Bonchev–Trinajstić information content (AvgIpc) is 2.85. The number of nitrogens with zero attached hydrogens (tertiary/aromatic N) is 3. The predicted molar refractivity (Wildman–Crippen MR) is 122 cm³/mol. The van der Waals surface area contributed by atoms with Gasteiger partial charge in [0.15, 0.2) is 5.82 Å². The van der Waals surface area contributed by atoms with Gasteiger partial charge >= 0.3 is 0 Å². The molecule has 0 saturated heterocycles. The van der Waals surface area contributed by atoms with E-state index >= 15 is 0 Å². The van der Waals surface area contributed by atoms with E-state index in [0.29, 0.717) is 36.7 Å². The maximum atomic E-state index is 13.3. The first-order valence-electron chi connectivity index (χ1n) is 10.7. The lowest BCUT2D eigenvalue weighted by molar-refractivity contribution is -0.117. The molecule has 0 fully saturated rings. The lowest BCUT2D eigenvalue weighted by atomic mass is 9.99. The van der Waals surface area contributed by atoms with Gasteiger partial charge in [-0.05, 0) is 41.3 Å². The van der Waals surface area contributed by atoms with Gasteiger partial charge in [0, 0.05) is 19.3 Å². The van der Waals surface area contributed by atoms with Crippen LogP contribution in [0.25, 0.3) is 0 Å².